The van der Waals surface area contributed by atoms with Gasteiger partial charge in [0.2, 0.25) is 0 Å². The summed E-state index contributed by atoms with van der Waals surface area (Å²) in [7, 11) is 0. The van der Waals surface area contributed by atoms with Gasteiger partial charge in [-0.05, 0) is 118 Å². The normalized spacial score (nSPS) is 44.2. The third-order valence-electron chi connectivity index (χ3n) is 18.6. The van der Waals surface area contributed by atoms with Gasteiger partial charge in [0.15, 0.2) is 11.5 Å². The molecule has 12 unspecified atom stereocenters. The third kappa shape index (κ3) is 5.07. The zero-order valence-corrected chi connectivity index (χ0v) is 36.1. The number of allylic oxidation sites excluding steroid dienone is 2. The summed E-state index contributed by atoms with van der Waals surface area (Å²) in [5.41, 5.74) is 8.82. The number of nitrogens with zero attached hydrogens (tertiary/aromatic N) is 1. The molecule has 10 rings (SSSR count). The number of aliphatic hydroxyl groups excluding tert-OH is 2. The molecule has 4 aliphatic heterocycles. The van der Waals surface area contributed by atoms with Crippen molar-refractivity contribution in [2.45, 2.75) is 157 Å². The van der Waals surface area contributed by atoms with E-state index in [0.29, 0.717) is 31.0 Å². The first kappa shape index (κ1) is 38.5. The van der Waals surface area contributed by atoms with Crippen LogP contribution in [0.4, 0.5) is 0 Å². The Kier molecular flexibility index (Phi) is 8.24. The van der Waals surface area contributed by atoms with E-state index in [9.17, 15) is 15.0 Å². The van der Waals surface area contributed by atoms with E-state index in [1.165, 1.54) is 44.0 Å². The highest BCUT2D eigenvalue weighted by molar-refractivity contribution is 6.04. The van der Waals surface area contributed by atoms with E-state index in [2.05, 4.69) is 72.9 Å². The Labute approximate surface area is 340 Å². The SMILES string of the molecule is Cc1cc(C)cc(CC2=C3N=CC4=C3[NH+](C2)CC2C3=C(C(=O)C5CCCC6(CCC7C(C)(C)C(=O)CCC7(C)C6C2O)C35C)C(C)(CC(O)C2OC2(C)C)CC4)c1. The van der Waals surface area contributed by atoms with Gasteiger partial charge in [-0.15, -0.1) is 0 Å². The van der Waals surface area contributed by atoms with Crippen molar-refractivity contribution in [3.05, 3.63) is 68.6 Å². The number of fused-ring (bicyclic) bond motifs is 2. The lowest BCUT2D eigenvalue weighted by atomic mass is 9.31. The van der Waals surface area contributed by atoms with Crippen LogP contribution in [0.25, 0.3) is 0 Å². The zero-order chi connectivity index (χ0) is 40.4. The lowest BCUT2D eigenvalue weighted by molar-refractivity contribution is -0.852. The molecule has 0 radical (unpaired) electrons. The molecule has 4 heterocycles. The summed E-state index contributed by atoms with van der Waals surface area (Å²) in [5.74, 6) is 0.497. The first-order valence-corrected chi connectivity index (χ1v) is 22.6. The van der Waals surface area contributed by atoms with Crippen molar-refractivity contribution < 1.29 is 29.4 Å². The molecule has 12 atom stereocenters. The molecule has 1 aromatic rings. The number of ether oxygens (including phenoxy) is 1. The smallest absolute Gasteiger partial charge is 0.163 e. The lowest BCUT2D eigenvalue weighted by Gasteiger charge is -2.72. The van der Waals surface area contributed by atoms with Gasteiger partial charge in [0.25, 0.3) is 0 Å². The van der Waals surface area contributed by atoms with Crippen molar-refractivity contribution in [3.63, 3.8) is 0 Å². The number of ketones is 2. The van der Waals surface area contributed by atoms with E-state index >= 15 is 4.79 Å². The summed E-state index contributed by atoms with van der Waals surface area (Å²) in [6.07, 6.45) is 9.51. The quantitative estimate of drug-likeness (QED) is 0.276. The number of aliphatic hydroxyl groups is 2. The van der Waals surface area contributed by atoms with Crippen molar-refractivity contribution >= 4 is 17.8 Å². The lowest BCUT2D eigenvalue weighted by Crippen LogP contribution is -3.10. The molecular weight excluding hydrogens is 709 g/mol. The van der Waals surface area contributed by atoms with Gasteiger partial charge in [-0.25, -0.2) is 4.99 Å². The number of hydrogen-bond donors (Lipinski definition) is 3. The molecule has 1 aromatic carbocycles. The number of quaternary nitrogens is 1. The van der Waals surface area contributed by atoms with Crippen LogP contribution in [0.1, 0.15) is 129 Å². The van der Waals surface area contributed by atoms with Gasteiger partial charge in [-0.1, -0.05) is 70.4 Å². The molecule has 9 aliphatic rings. The summed E-state index contributed by atoms with van der Waals surface area (Å²) in [6.45, 7) is 21.5. The molecular formula is C50H67N2O5+. The van der Waals surface area contributed by atoms with Crippen LogP contribution in [0, 0.1) is 64.6 Å². The van der Waals surface area contributed by atoms with Crippen LogP contribution < -0.4 is 4.90 Å². The maximum Gasteiger partial charge on any atom is 0.163 e. The van der Waals surface area contributed by atoms with Gasteiger partial charge in [0.1, 0.15) is 24.1 Å². The summed E-state index contributed by atoms with van der Waals surface area (Å²) in [4.78, 5) is 35.9. The minimum absolute atomic E-state index is 0.0114. The minimum atomic E-state index is -0.697. The van der Waals surface area contributed by atoms with Crippen LogP contribution >= 0.6 is 0 Å². The van der Waals surface area contributed by atoms with Gasteiger partial charge >= 0.3 is 0 Å². The standard InChI is InChI=1S/C50H66N2O5/c1-27-19-28(2)21-29(20-27)22-31-25-52-26-32-37-38(47(7,23-34(53)44-46(5,6)57-44)16-12-30-24-51-39(31)40(30)52)42(56)33-11-10-15-50(49(33,37)9)18-13-35-45(3,4)36(54)14-17-48(35,8)43(50)41(32)55/h19-21,24,32-35,41,43-44,53,55H,10-18,22-23,25-26H2,1-9H3/p+1. The van der Waals surface area contributed by atoms with Crippen LogP contribution in [0.3, 0.4) is 0 Å². The number of epoxide rings is 1. The first-order valence-electron chi connectivity index (χ1n) is 22.6. The van der Waals surface area contributed by atoms with E-state index in [1.54, 1.807) is 0 Å². The molecule has 3 N–H and O–H groups in total. The fraction of sp³-hybridized carbons (Fsp3) is 0.700. The fourth-order valence-electron chi connectivity index (χ4n) is 16.3. The largest absolute Gasteiger partial charge is 0.392 e. The highest BCUT2D eigenvalue weighted by atomic mass is 16.6. The van der Waals surface area contributed by atoms with Crippen LogP contribution in [0.2, 0.25) is 0 Å². The average Bonchev–Trinajstić information content (AvgIpc) is 3.36. The highest BCUT2D eigenvalue weighted by Crippen LogP contribution is 2.79. The predicted octanol–water partition coefficient (Wildman–Crippen LogP) is 7.15. The van der Waals surface area contributed by atoms with E-state index in [1.807, 2.05) is 13.8 Å². The van der Waals surface area contributed by atoms with Gasteiger partial charge in [-0.2, -0.15) is 0 Å². The number of rotatable bonds is 5. The molecule has 0 amide bonds. The number of aliphatic imine (C=N–C) groups is 1. The molecule has 306 valence electrons. The monoisotopic (exact) mass is 776 g/mol. The van der Waals surface area contributed by atoms with Crippen molar-refractivity contribution in [3.8, 4) is 0 Å². The Hall–Kier alpha value is -2.71. The number of aryl methyl sites for hydroxylation is 2. The molecule has 5 fully saturated rings. The zero-order valence-electron chi connectivity index (χ0n) is 36.1. The number of benzene rings is 1. The summed E-state index contributed by atoms with van der Waals surface area (Å²) < 4.78 is 6.05. The third-order valence-corrected chi connectivity index (χ3v) is 18.6. The van der Waals surface area contributed by atoms with Gasteiger partial charge in [0.05, 0.1) is 30.3 Å². The maximum absolute atomic E-state index is 15.7. The van der Waals surface area contributed by atoms with Crippen molar-refractivity contribution in [2.75, 3.05) is 13.1 Å². The van der Waals surface area contributed by atoms with Crippen LogP contribution in [0.15, 0.2) is 56.9 Å². The maximum atomic E-state index is 15.7. The van der Waals surface area contributed by atoms with Crippen LogP contribution in [-0.2, 0) is 20.7 Å². The average molecular weight is 776 g/mol. The Morgan fingerprint density at radius 3 is 2.37 bits per heavy atom. The number of carbonyl (C=O) groups is 2. The summed E-state index contributed by atoms with van der Waals surface area (Å²) in [6, 6.07) is 6.86. The Bertz CT molecular complexity index is 2100. The van der Waals surface area contributed by atoms with Crippen LogP contribution in [-0.4, -0.2) is 65.0 Å². The first-order chi connectivity index (χ1) is 26.8. The molecule has 5 aliphatic carbocycles. The molecule has 7 heteroatoms. The molecule has 0 aromatic heterocycles. The molecule has 7 nitrogen and oxygen atoms in total. The van der Waals surface area contributed by atoms with E-state index in [4.69, 9.17) is 9.73 Å². The van der Waals surface area contributed by atoms with Crippen molar-refractivity contribution in [1.82, 2.24) is 0 Å². The number of Topliss-reactive ketones (excluding diaryl/α,β-unsaturated/α-hetero) is 2. The second-order valence-electron chi connectivity index (χ2n) is 22.5. The fourth-order valence-corrected chi connectivity index (χ4v) is 16.3. The van der Waals surface area contributed by atoms with Gasteiger partial charge in [0, 0.05) is 52.5 Å². The van der Waals surface area contributed by atoms with Crippen molar-refractivity contribution in [1.29, 1.82) is 0 Å². The van der Waals surface area contributed by atoms with E-state index < -0.39 is 28.5 Å². The number of carbonyl (C=O) groups excluding carboxylic acids is 2. The van der Waals surface area contributed by atoms with Crippen molar-refractivity contribution in [2.24, 2.45) is 55.7 Å². The molecule has 1 spiro atoms. The molecule has 4 saturated carbocycles. The number of hydrogen-bond acceptors (Lipinski definition) is 6. The Morgan fingerprint density at radius 2 is 1.67 bits per heavy atom. The molecule has 57 heavy (non-hydrogen) atoms. The number of nitrogens with one attached hydrogen (secondary N) is 1. The van der Waals surface area contributed by atoms with E-state index in [-0.39, 0.29) is 46.2 Å². The van der Waals surface area contributed by atoms with Crippen LogP contribution in [0.5, 0.6) is 0 Å². The highest BCUT2D eigenvalue weighted by Gasteiger charge is 2.77. The van der Waals surface area contributed by atoms with E-state index in [0.717, 1.165) is 75.6 Å². The second-order valence-corrected chi connectivity index (χ2v) is 22.5. The summed E-state index contributed by atoms with van der Waals surface area (Å²) in [5, 5.41) is 25.6. The minimum Gasteiger partial charge on any atom is -0.392 e. The molecule has 1 saturated heterocycles. The Balaban J connectivity index is 1.16. The molecule has 0 bridgehead atoms. The Morgan fingerprint density at radius 1 is 0.947 bits per heavy atom. The summed E-state index contributed by atoms with van der Waals surface area (Å²) >= 11 is 0. The van der Waals surface area contributed by atoms with Gasteiger partial charge < -0.3 is 14.9 Å². The second kappa shape index (κ2) is 12.2. The van der Waals surface area contributed by atoms with Gasteiger partial charge in [-0.3, -0.25) is 14.5 Å². The predicted molar refractivity (Wildman–Crippen MR) is 222 cm³/mol. The topological polar surface area (TPSA) is 104 Å².